The third kappa shape index (κ3) is 1.79. The van der Waals surface area contributed by atoms with E-state index in [9.17, 15) is 14.5 Å². The van der Waals surface area contributed by atoms with Crippen LogP contribution in [0.1, 0.15) is 13.8 Å². The van der Waals surface area contributed by atoms with Crippen LogP contribution in [-0.2, 0) is 14.2 Å². The molecule has 7 heteroatoms. The summed E-state index contributed by atoms with van der Waals surface area (Å²) in [5.74, 6) is 0. The van der Waals surface area contributed by atoms with Gasteiger partial charge in [-0.1, -0.05) is 0 Å². The number of hydrogen-bond donors (Lipinski definition) is 0. The van der Waals surface area contributed by atoms with Crippen LogP contribution in [0.15, 0.2) is 0 Å². The van der Waals surface area contributed by atoms with Crippen molar-refractivity contribution >= 4 is 0 Å². The second-order valence-electron chi connectivity index (χ2n) is 3.99. The van der Waals surface area contributed by atoms with Gasteiger partial charge in [0.2, 0.25) is 6.36 Å². The van der Waals surface area contributed by atoms with Crippen LogP contribution in [0.3, 0.4) is 0 Å². The van der Waals surface area contributed by atoms with Gasteiger partial charge in [0.15, 0.2) is 12.2 Å². The number of nitro groups is 1. The molecule has 0 spiro atoms. The van der Waals surface area contributed by atoms with E-state index in [4.69, 9.17) is 14.2 Å². The molecule has 0 aromatic carbocycles. The lowest BCUT2D eigenvalue weighted by Crippen LogP contribution is -2.67. The van der Waals surface area contributed by atoms with E-state index in [1.54, 1.807) is 0 Å². The predicted molar refractivity (Wildman–Crippen MR) is 52.4 cm³/mol. The first-order chi connectivity index (χ1) is 7.39. The van der Waals surface area contributed by atoms with Gasteiger partial charge in [-0.2, -0.15) is 0 Å². The van der Waals surface area contributed by atoms with E-state index in [-0.39, 0.29) is 0 Å². The Kier molecular flexibility index (Phi) is 3.82. The van der Waals surface area contributed by atoms with Gasteiger partial charge in [0.05, 0.1) is 6.10 Å². The van der Waals surface area contributed by atoms with Crippen LogP contribution in [0.25, 0.3) is 0 Å². The van der Waals surface area contributed by atoms with Gasteiger partial charge < -0.3 is 14.2 Å². The first-order valence-corrected chi connectivity index (χ1v) is 4.89. The SMILES string of the molecule is CO[C@@H]1[C@H](F)O[C@@H](C)[C@H](OC)[C@]1(C)[N+](=O)[O-]. The van der Waals surface area contributed by atoms with Crippen molar-refractivity contribution in [1.29, 1.82) is 0 Å². The first kappa shape index (κ1) is 13.3. The standard InChI is InChI=1S/C9H16FNO5/c1-5-6(14-3)9(2,11(12)13)7(15-4)8(10)16-5/h5-8H,1-4H3/t5-,6-,7+,8+,9-/m0/s1. The number of nitrogens with zero attached hydrogens (tertiary/aromatic N) is 1. The van der Waals surface area contributed by atoms with Crippen molar-refractivity contribution < 1.29 is 23.5 Å². The van der Waals surface area contributed by atoms with Crippen molar-refractivity contribution in [3.05, 3.63) is 10.1 Å². The van der Waals surface area contributed by atoms with Crippen LogP contribution < -0.4 is 0 Å². The maximum absolute atomic E-state index is 13.6. The fourth-order valence-corrected chi connectivity index (χ4v) is 2.23. The van der Waals surface area contributed by atoms with Gasteiger partial charge in [0.1, 0.15) is 0 Å². The smallest absolute Gasteiger partial charge is 0.278 e. The van der Waals surface area contributed by atoms with E-state index in [1.165, 1.54) is 28.1 Å². The van der Waals surface area contributed by atoms with Crippen LogP contribution in [0.2, 0.25) is 0 Å². The third-order valence-electron chi connectivity index (χ3n) is 3.06. The largest absolute Gasteiger partial charge is 0.371 e. The minimum atomic E-state index is -1.83. The summed E-state index contributed by atoms with van der Waals surface area (Å²) in [6.45, 7) is 2.84. The maximum atomic E-state index is 13.6. The Morgan fingerprint density at radius 1 is 1.38 bits per heavy atom. The number of rotatable bonds is 3. The molecule has 0 unspecified atom stereocenters. The Hall–Kier alpha value is -0.790. The molecule has 1 heterocycles. The van der Waals surface area contributed by atoms with E-state index in [0.29, 0.717) is 0 Å². The minimum absolute atomic E-state index is 0.569. The molecule has 16 heavy (non-hydrogen) atoms. The molecule has 0 radical (unpaired) electrons. The highest BCUT2D eigenvalue weighted by atomic mass is 19.1. The molecule has 0 aliphatic carbocycles. The van der Waals surface area contributed by atoms with Gasteiger partial charge in [-0.05, 0) is 6.92 Å². The zero-order valence-electron chi connectivity index (χ0n) is 9.68. The summed E-state index contributed by atoms with van der Waals surface area (Å²) in [4.78, 5) is 10.6. The fourth-order valence-electron chi connectivity index (χ4n) is 2.23. The molecule has 1 aliphatic heterocycles. The van der Waals surface area contributed by atoms with E-state index < -0.39 is 35.1 Å². The molecule has 0 saturated carbocycles. The minimum Gasteiger partial charge on any atom is -0.371 e. The van der Waals surface area contributed by atoms with E-state index in [2.05, 4.69) is 0 Å². The lowest BCUT2D eigenvalue weighted by Gasteiger charge is -2.43. The molecule has 1 rings (SSSR count). The van der Waals surface area contributed by atoms with Crippen LogP contribution in [0.5, 0.6) is 0 Å². The number of ether oxygens (including phenoxy) is 3. The van der Waals surface area contributed by atoms with Gasteiger partial charge in [-0.25, -0.2) is 4.39 Å². The molecule has 1 fully saturated rings. The van der Waals surface area contributed by atoms with E-state index in [1.807, 2.05) is 0 Å². The van der Waals surface area contributed by atoms with Gasteiger partial charge in [0, 0.05) is 26.1 Å². The van der Waals surface area contributed by atoms with Crippen molar-refractivity contribution in [1.82, 2.24) is 0 Å². The van der Waals surface area contributed by atoms with Crippen molar-refractivity contribution in [2.45, 2.75) is 44.1 Å². The summed E-state index contributed by atoms with van der Waals surface area (Å²) in [5, 5.41) is 11.1. The second-order valence-corrected chi connectivity index (χ2v) is 3.99. The number of halogens is 1. The molecule has 0 aromatic heterocycles. The maximum Gasteiger partial charge on any atom is 0.278 e. The lowest BCUT2D eigenvalue weighted by molar-refractivity contribution is -0.607. The quantitative estimate of drug-likeness (QED) is 0.535. The van der Waals surface area contributed by atoms with Crippen LogP contribution in [-0.4, -0.2) is 49.4 Å². The summed E-state index contributed by atoms with van der Waals surface area (Å²) in [6, 6.07) is 0. The molecule has 1 aliphatic rings. The number of alkyl halides is 1. The van der Waals surface area contributed by atoms with Crippen LogP contribution >= 0.6 is 0 Å². The normalized spacial score (nSPS) is 44.3. The Bertz CT molecular complexity index is 259. The Labute approximate surface area is 92.8 Å². The monoisotopic (exact) mass is 237 g/mol. The average Bonchev–Trinajstić information content (AvgIpc) is 2.17. The summed E-state index contributed by atoms with van der Waals surface area (Å²) < 4.78 is 28.4. The number of methoxy groups -OCH3 is 2. The van der Waals surface area contributed by atoms with E-state index in [0.717, 1.165) is 0 Å². The summed E-state index contributed by atoms with van der Waals surface area (Å²) in [5.41, 5.74) is -1.67. The highest BCUT2D eigenvalue weighted by Gasteiger charge is 2.63. The molecule has 0 bridgehead atoms. The highest BCUT2D eigenvalue weighted by Crippen LogP contribution is 2.35. The first-order valence-electron chi connectivity index (χ1n) is 4.89. The molecular weight excluding hydrogens is 221 g/mol. The van der Waals surface area contributed by atoms with Gasteiger partial charge in [-0.3, -0.25) is 10.1 Å². The molecule has 5 atom stereocenters. The van der Waals surface area contributed by atoms with Gasteiger partial charge in [-0.15, -0.1) is 0 Å². The van der Waals surface area contributed by atoms with Crippen molar-refractivity contribution in [3.8, 4) is 0 Å². The molecular formula is C9H16FNO5. The van der Waals surface area contributed by atoms with Crippen LogP contribution in [0.4, 0.5) is 4.39 Å². The second kappa shape index (κ2) is 4.60. The lowest BCUT2D eigenvalue weighted by atomic mass is 9.83. The fraction of sp³-hybridized carbons (Fsp3) is 1.00. The van der Waals surface area contributed by atoms with Crippen molar-refractivity contribution in [3.63, 3.8) is 0 Å². The Balaban J connectivity index is 3.14. The highest BCUT2D eigenvalue weighted by molar-refractivity contribution is 4.99. The van der Waals surface area contributed by atoms with Crippen LogP contribution in [0, 0.1) is 10.1 Å². The molecule has 1 saturated heterocycles. The third-order valence-corrected chi connectivity index (χ3v) is 3.06. The molecule has 0 amide bonds. The summed E-state index contributed by atoms with van der Waals surface area (Å²) >= 11 is 0. The van der Waals surface area contributed by atoms with Crippen molar-refractivity contribution in [2.75, 3.05) is 14.2 Å². The van der Waals surface area contributed by atoms with Gasteiger partial charge in [0.25, 0.3) is 5.54 Å². The van der Waals surface area contributed by atoms with Crippen molar-refractivity contribution in [2.24, 2.45) is 0 Å². The number of hydrogen-bond acceptors (Lipinski definition) is 5. The Morgan fingerprint density at radius 3 is 2.25 bits per heavy atom. The Morgan fingerprint density at radius 2 is 1.88 bits per heavy atom. The predicted octanol–water partition coefficient (Wildman–Crippen LogP) is 0.766. The zero-order chi connectivity index (χ0) is 12.5. The molecule has 94 valence electrons. The topological polar surface area (TPSA) is 70.8 Å². The zero-order valence-corrected chi connectivity index (χ0v) is 9.68. The molecule has 0 aromatic rings. The molecule has 6 nitrogen and oxygen atoms in total. The molecule has 0 N–H and O–H groups in total. The van der Waals surface area contributed by atoms with E-state index >= 15 is 0 Å². The summed E-state index contributed by atoms with van der Waals surface area (Å²) in [6.07, 6.45) is -4.69. The summed E-state index contributed by atoms with van der Waals surface area (Å²) in [7, 11) is 2.54. The van der Waals surface area contributed by atoms with Gasteiger partial charge >= 0.3 is 0 Å². The average molecular weight is 237 g/mol.